The number of carboxylic acids is 2. The molecule has 2 rings (SSSR count). The molecule has 0 bridgehead atoms. The predicted molar refractivity (Wildman–Crippen MR) is 230 cm³/mol. The Morgan fingerprint density at radius 1 is 0.593 bits per heavy atom. The Balaban J connectivity index is 1.99. The Morgan fingerprint density at radius 2 is 0.889 bits per heavy atom. The molecule has 54 heavy (non-hydrogen) atoms. The molecule has 0 aromatic carbocycles. The fraction of sp³-hybridized carbons (Fsp3) is 0.435. The van der Waals surface area contributed by atoms with E-state index < -0.39 is 22.4 Å². The number of aliphatic carboxylic acids is 2. The van der Waals surface area contributed by atoms with Crippen molar-refractivity contribution in [1.29, 1.82) is 0 Å². The highest BCUT2D eigenvalue weighted by Crippen LogP contribution is 2.45. The molecular formula is C46H60O6S2. The topological polar surface area (TPSA) is 109 Å². The molecule has 0 aromatic heterocycles. The molecule has 0 saturated carbocycles. The molecule has 2 N–H and O–H groups in total. The molecule has 0 heterocycles. The van der Waals surface area contributed by atoms with Gasteiger partial charge >= 0.3 is 11.9 Å². The number of rotatable bonds is 16. The van der Waals surface area contributed by atoms with Gasteiger partial charge < -0.3 is 10.2 Å². The summed E-state index contributed by atoms with van der Waals surface area (Å²) in [5, 5.41) is 16.7. The normalized spacial score (nSPS) is 23.3. The summed E-state index contributed by atoms with van der Waals surface area (Å²) in [5.74, 6) is -1.75. The molecule has 2 aliphatic rings. The Labute approximate surface area is 332 Å². The molecule has 0 aliphatic heterocycles. The average molecular weight is 773 g/mol. The standard InChI is InChI=1S/C46H60O6S2/c1-29(19-15-21-31(3)23-25-37-33(5)41(47)39(27-45(37,9)10)53-35(7)43(49)50)17-13-14-18-30(2)20-16-22-32(4)24-26-38-34(6)42(48)40(28-46(38,11)12)54-36(8)44(51)52/h13-26,35-36,39-40H,27-28H2,1-12H3,(H,49,50)(H,51,52)/b14-13+,19-15+,20-16+,25-23+,26-24+,29-17+,30-18+,31-21+,32-22+. The van der Waals surface area contributed by atoms with Crippen LogP contribution in [-0.2, 0) is 19.2 Å². The van der Waals surface area contributed by atoms with Gasteiger partial charge in [-0.05, 0) is 101 Å². The van der Waals surface area contributed by atoms with E-state index in [-0.39, 0.29) is 32.9 Å². The molecule has 2 aliphatic carbocycles. The Kier molecular flexibility index (Phi) is 17.7. The zero-order valence-electron chi connectivity index (χ0n) is 34.2. The minimum Gasteiger partial charge on any atom is -0.480 e. The minimum atomic E-state index is -0.898. The lowest BCUT2D eigenvalue weighted by Crippen LogP contribution is -2.35. The third-order valence-electron chi connectivity index (χ3n) is 9.71. The van der Waals surface area contributed by atoms with Crippen LogP contribution in [0, 0.1) is 10.8 Å². The van der Waals surface area contributed by atoms with Gasteiger partial charge in [0.25, 0.3) is 0 Å². The van der Waals surface area contributed by atoms with Crippen molar-refractivity contribution in [2.24, 2.45) is 10.8 Å². The van der Waals surface area contributed by atoms with Crippen LogP contribution in [0.5, 0.6) is 0 Å². The molecule has 0 fully saturated rings. The average Bonchev–Trinajstić information content (AvgIpc) is 3.07. The van der Waals surface area contributed by atoms with E-state index in [1.807, 2.05) is 127 Å². The molecule has 292 valence electrons. The van der Waals surface area contributed by atoms with Gasteiger partial charge in [-0.3, -0.25) is 19.2 Å². The van der Waals surface area contributed by atoms with E-state index in [1.54, 1.807) is 13.8 Å². The van der Waals surface area contributed by atoms with Crippen LogP contribution in [-0.4, -0.2) is 54.7 Å². The number of carbonyl (C=O) groups excluding carboxylic acids is 2. The van der Waals surface area contributed by atoms with Crippen LogP contribution in [0.25, 0.3) is 0 Å². The first-order valence-electron chi connectivity index (χ1n) is 18.4. The maximum Gasteiger partial charge on any atom is 0.316 e. The van der Waals surface area contributed by atoms with Gasteiger partial charge in [0.1, 0.15) is 10.5 Å². The first-order chi connectivity index (χ1) is 25.1. The third kappa shape index (κ3) is 14.1. The number of thioether (sulfide) groups is 2. The van der Waals surface area contributed by atoms with Crippen molar-refractivity contribution < 1.29 is 29.4 Å². The van der Waals surface area contributed by atoms with Gasteiger partial charge in [0.05, 0.1) is 10.5 Å². The zero-order chi connectivity index (χ0) is 41.0. The molecule has 0 spiro atoms. The quantitative estimate of drug-likeness (QED) is 0.149. The summed E-state index contributed by atoms with van der Waals surface area (Å²) in [6.45, 7) is 23.5. The van der Waals surface area contributed by atoms with Crippen molar-refractivity contribution in [2.45, 2.75) is 117 Å². The highest BCUT2D eigenvalue weighted by molar-refractivity contribution is 8.02. The zero-order valence-corrected chi connectivity index (χ0v) is 35.8. The predicted octanol–water partition coefficient (Wildman–Crippen LogP) is 11.3. The maximum absolute atomic E-state index is 13.1. The number of hydrogen-bond acceptors (Lipinski definition) is 6. The maximum atomic E-state index is 13.1. The number of carboxylic acid groups (broad SMARTS) is 2. The molecule has 0 amide bonds. The van der Waals surface area contributed by atoms with Crippen LogP contribution in [0.3, 0.4) is 0 Å². The van der Waals surface area contributed by atoms with E-state index in [0.717, 1.165) is 33.4 Å². The lowest BCUT2D eigenvalue weighted by molar-refractivity contribution is -0.137. The molecule has 6 nitrogen and oxygen atoms in total. The molecule has 4 atom stereocenters. The van der Waals surface area contributed by atoms with E-state index in [2.05, 4.69) is 27.7 Å². The molecule has 0 saturated heterocycles. The summed E-state index contributed by atoms with van der Waals surface area (Å²) in [6, 6.07) is 0. The molecule has 8 heteroatoms. The molecule has 0 radical (unpaired) electrons. The summed E-state index contributed by atoms with van der Waals surface area (Å²) < 4.78 is 0. The van der Waals surface area contributed by atoms with Crippen LogP contribution in [0.4, 0.5) is 0 Å². The second kappa shape index (κ2) is 20.7. The largest absolute Gasteiger partial charge is 0.480 e. The van der Waals surface area contributed by atoms with Crippen molar-refractivity contribution in [3.05, 3.63) is 130 Å². The van der Waals surface area contributed by atoms with Crippen molar-refractivity contribution in [3.63, 3.8) is 0 Å². The summed E-state index contributed by atoms with van der Waals surface area (Å²) >= 11 is 2.47. The molecule has 0 aromatic rings. The van der Waals surface area contributed by atoms with Gasteiger partial charge in [0.2, 0.25) is 0 Å². The van der Waals surface area contributed by atoms with Crippen molar-refractivity contribution in [2.75, 3.05) is 0 Å². The van der Waals surface area contributed by atoms with E-state index >= 15 is 0 Å². The highest BCUT2D eigenvalue weighted by atomic mass is 32.2. The van der Waals surface area contributed by atoms with E-state index in [1.165, 1.54) is 23.5 Å². The Hall–Kier alpha value is -3.88. The van der Waals surface area contributed by atoms with Crippen LogP contribution in [0.15, 0.2) is 130 Å². The molecule has 4 unspecified atom stereocenters. The van der Waals surface area contributed by atoms with Gasteiger partial charge in [-0.2, -0.15) is 0 Å². The summed E-state index contributed by atoms with van der Waals surface area (Å²) in [7, 11) is 0. The lowest BCUT2D eigenvalue weighted by atomic mass is 9.72. The van der Waals surface area contributed by atoms with Gasteiger partial charge in [-0.15, -0.1) is 23.5 Å². The third-order valence-corrected chi connectivity index (χ3v) is 12.3. The van der Waals surface area contributed by atoms with Gasteiger partial charge in [0.15, 0.2) is 11.6 Å². The Bertz CT molecular complexity index is 1670. The fourth-order valence-electron chi connectivity index (χ4n) is 6.40. The van der Waals surface area contributed by atoms with Crippen LogP contribution in [0.1, 0.15) is 95.9 Å². The summed E-state index contributed by atoms with van der Waals surface area (Å²) in [5.41, 5.74) is 7.22. The van der Waals surface area contributed by atoms with Crippen LogP contribution in [0.2, 0.25) is 0 Å². The monoisotopic (exact) mass is 772 g/mol. The van der Waals surface area contributed by atoms with Crippen molar-refractivity contribution in [1.82, 2.24) is 0 Å². The van der Waals surface area contributed by atoms with Crippen molar-refractivity contribution >= 4 is 47.0 Å². The van der Waals surface area contributed by atoms with Gasteiger partial charge in [-0.25, -0.2) is 0 Å². The minimum absolute atomic E-state index is 0.0218. The first-order valence-corrected chi connectivity index (χ1v) is 20.3. The number of carbonyl (C=O) groups is 4. The summed E-state index contributed by atoms with van der Waals surface area (Å²) in [4.78, 5) is 48.8. The SMILES string of the molecule is CC1=C(/C=C/C(C)=C/C=C/C(C)=C/C=C/C=C(C)/C=C/C=C(C)/C=C/C2=C(C)C(=O)C(SC(C)C(=O)O)CC2(C)C)C(C)(C)CC(SC(C)C(=O)O)C1=O. The number of hydrogen-bond donors (Lipinski definition) is 2. The summed E-state index contributed by atoms with van der Waals surface area (Å²) in [6.07, 6.45) is 29.6. The molecular weight excluding hydrogens is 713 g/mol. The van der Waals surface area contributed by atoms with Crippen LogP contribution >= 0.6 is 23.5 Å². The fourth-order valence-corrected chi connectivity index (χ4v) is 9.24. The van der Waals surface area contributed by atoms with E-state index in [0.29, 0.717) is 24.0 Å². The number of allylic oxidation sites excluding steroid dienone is 22. The van der Waals surface area contributed by atoms with Gasteiger partial charge in [0, 0.05) is 0 Å². The van der Waals surface area contributed by atoms with Gasteiger partial charge in [-0.1, -0.05) is 135 Å². The number of Topliss-reactive ketones (excluding diaryl/α,β-unsaturated/α-hetero) is 2. The smallest absolute Gasteiger partial charge is 0.316 e. The Morgan fingerprint density at radius 3 is 1.20 bits per heavy atom. The number of ketones is 2. The highest BCUT2D eigenvalue weighted by Gasteiger charge is 2.40. The van der Waals surface area contributed by atoms with Crippen LogP contribution < -0.4 is 0 Å². The lowest BCUT2D eigenvalue weighted by Gasteiger charge is -2.37. The first kappa shape index (κ1) is 46.3. The van der Waals surface area contributed by atoms with E-state index in [9.17, 15) is 29.4 Å². The second-order valence-corrected chi connectivity index (χ2v) is 18.7. The van der Waals surface area contributed by atoms with E-state index in [4.69, 9.17) is 0 Å². The van der Waals surface area contributed by atoms with Crippen molar-refractivity contribution in [3.8, 4) is 0 Å². The second-order valence-electron chi connectivity index (χ2n) is 15.6.